The lowest BCUT2D eigenvalue weighted by atomic mass is 10.1. The van der Waals surface area contributed by atoms with E-state index in [1.165, 1.54) is 5.56 Å². The summed E-state index contributed by atoms with van der Waals surface area (Å²) in [5, 5.41) is 0. The molecule has 0 N–H and O–H groups in total. The van der Waals surface area contributed by atoms with Crippen LogP contribution in [0.15, 0.2) is 59.1 Å². The summed E-state index contributed by atoms with van der Waals surface area (Å²) in [7, 11) is 0. The van der Waals surface area contributed by atoms with Crippen molar-refractivity contribution in [1.82, 2.24) is 0 Å². The van der Waals surface area contributed by atoms with Gasteiger partial charge in [0.25, 0.3) is 0 Å². The fourth-order valence-electron chi connectivity index (χ4n) is 1.76. The molecule has 2 aromatic rings. The molecule has 0 atom stereocenters. The van der Waals surface area contributed by atoms with Crippen LogP contribution in [0.3, 0.4) is 0 Å². The highest BCUT2D eigenvalue weighted by Gasteiger charge is 2.08. The van der Waals surface area contributed by atoms with Crippen molar-refractivity contribution in [1.29, 1.82) is 0 Å². The Hall–Kier alpha value is -1.45. The molecule has 0 heterocycles. The smallest absolute Gasteiger partial charge is 0.189 e. The van der Waals surface area contributed by atoms with Crippen LogP contribution in [-0.2, 0) is 11.2 Å². The van der Waals surface area contributed by atoms with Crippen molar-refractivity contribution in [2.45, 2.75) is 6.42 Å². The molecular weight excluding hydrogens is 304 g/mol. The van der Waals surface area contributed by atoms with Crippen LogP contribution in [0.4, 0.5) is 0 Å². The lowest BCUT2D eigenvalue weighted by Crippen LogP contribution is -2.11. The highest BCUT2D eigenvalue weighted by atomic mass is 79.9. The standard InChI is InChI=1S/C16H15BrO2/c17-15-9-5-4-8-14(15)16(18)12-19-11-10-13-6-2-1-3-7-13/h1-9H,10-12H2. The minimum absolute atomic E-state index is 0.000497. The summed E-state index contributed by atoms with van der Waals surface area (Å²) in [5.41, 5.74) is 1.89. The molecule has 2 rings (SSSR count). The summed E-state index contributed by atoms with van der Waals surface area (Å²) in [6.07, 6.45) is 0.823. The van der Waals surface area contributed by atoms with E-state index < -0.39 is 0 Å². The summed E-state index contributed by atoms with van der Waals surface area (Å²) >= 11 is 3.37. The molecule has 0 unspecified atom stereocenters. The second-order valence-corrected chi connectivity index (χ2v) is 5.05. The Morgan fingerprint density at radius 2 is 1.68 bits per heavy atom. The van der Waals surface area contributed by atoms with Gasteiger partial charge >= 0.3 is 0 Å². The number of hydrogen-bond acceptors (Lipinski definition) is 2. The van der Waals surface area contributed by atoms with Crippen molar-refractivity contribution in [3.63, 3.8) is 0 Å². The Bertz CT molecular complexity index is 537. The number of ether oxygens (including phenoxy) is 1. The van der Waals surface area contributed by atoms with Gasteiger partial charge in [-0.15, -0.1) is 0 Å². The van der Waals surface area contributed by atoms with Gasteiger partial charge in [0.05, 0.1) is 6.61 Å². The number of rotatable bonds is 6. The SMILES string of the molecule is O=C(COCCc1ccccc1)c1ccccc1Br. The molecule has 0 amide bonds. The molecule has 3 heteroatoms. The first-order valence-corrected chi connectivity index (χ1v) is 6.96. The van der Waals surface area contributed by atoms with Gasteiger partial charge in [-0.1, -0.05) is 64.5 Å². The Kier molecular flexibility index (Phi) is 5.31. The average Bonchev–Trinajstić information content (AvgIpc) is 2.45. The molecule has 0 radical (unpaired) electrons. The van der Waals surface area contributed by atoms with Gasteiger partial charge in [0, 0.05) is 10.0 Å². The molecule has 19 heavy (non-hydrogen) atoms. The monoisotopic (exact) mass is 318 g/mol. The van der Waals surface area contributed by atoms with Crippen molar-refractivity contribution < 1.29 is 9.53 Å². The second-order valence-electron chi connectivity index (χ2n) is 4.19. The van der Waals surface area contributed by atoms with Gasteiger partial charge in [-0.2, -0.15) is 0 Å². The van der Waals surface area contributed by atoms with Crippen molar-refractivity contribution in [3.8, 4) is 0 Å². The van der Waals surface area contributed by atoms with Crippen molar-refractivity contribution >= 4 is 21.7 Å². The van der Waals surface area contributed by atoms with Crippen LogP contribution in [0, 0.1) is 0 Å². The van der Waals surface area contributed by atoms with E-state index in [1.807, 2.05) is 36.4 Å². The third-order valence-electron chi connectivity index (χ3n) is 2.79. The number of carbonyl (C=O) groups excluding carboxylic acids is 1. The molecule has 0 bridgehead atoms. The Balaban J connectivity index is 1.77. The van der Waals surface area contributed by atoms with Gasteiger partial charge in [-0.05, 0) is 18.1 Å². The largest absolute Gasteiger partial charge is 0.373 e. The van der Waals surface area contributed by atoms with E-state index in [1.54, 1.807) is 6.07 Å². The highest BCUT2D eigenvalue weighted by Crippen LogP contribution is 2.16. The van der Waals surface area contributed by atoms with Gasteiger partial charge in [0.2, 0.25) is 0 Å². The molecule has 0 fully saturated rings. The van der Waals surface area contributed by atoms with Crippen LogP contribution in [-0.4, -0.2) is 19.0 Å². The van der Waals surface area contributed by atoms with Gasteiger partial charge in [-0.25, -0.2) is 0 Å². The third kappa shape index (κ3) is 4.30. The molecule has 0 spiro atoms. The van der Waals surface area contributed by atoms with Crippen LogP contribution in [0.25, 0.3) is 0 Å². The number of carbonyl (C=O) groups is 1. The number of Topliss-reactive ketones (excluding diaryl/α,β-unsaturated/α-hetero) is 1. The molecule has 0 aromatic heterocycles. The summed E-state index contributed by atoms with van der Waals surface area (Å²) in [4.78, 5) is 11.9. The van der Waals surface area contributed by atoms with E-state index in [2.05, 4.69) is 28.1 Å². The predicted octanol–water partition coefficient (Wildman–Crippen LogP) is 3.89. The van der Waals surface area contributed by atoms with E-state index in [0.717, 1.165) is 10.9 Å². The first-order valence-electron chi connectivity index (χ1n) is 6.17. The molecule has 0 aliphatic heterocycles. The zero-order valence-corrected chi connectivity index (χ0v) is 12.1. The molecule has 0 aliphatic rings. The van der Waals surface area contributed by atoms with Gasteiger partial charge in [-0.3, -0.25) is 4.79 Å². The highest BCUT2D eigenvalue weighted by molar-refractivity contribution is 9.10. The van der Waals surface area contributed by atoms with Crippen molar-refractivity contribution in [3.05, 3.63) is 70.2 Å². The number of halogens is 1. The zero-order valence-electron chi connectivity index (χ0n) is 10.5. The maximum absolute atomic E-state index is 11.9. The Morgan fingerprint density at radius 1 is 1.00 bits per heavy atom. The van der Waals surface area contributed by atoms with E-state index in [4.69, 9.17) is 4.74 Å². The quantitative estimate of drug-likeness (QED) is 0.596. The first-order chi connectivity index (χ1) is 9.27. The van der Waals surface area contributed by atoms with Crippen molar-refractivity contribution in [2.24, 2.45) is 0 Å². The zero-order chi connectivity index (χ0) is 13.5. The van der Waals surface area contributed by atoms with Gasteiger partial charge < -0.3 is 4.74 Å². The number of benzene rings is 2. The topological polar surface area (TPSA) is 26.3 Å². The molecule has 0 saturated heterocycles. The van der Waals surface area contributed by atoms with Gasteiger partial charge in [0.1, 0.15) is 6.61 Å². The average molecular weight is 319 g/mol. The molecule has 2 aromatic carbocycles. The summed E-state index contributed by atoms with van der Waals surface area (Å²) < 4.78 is 6.25. The second kappa shape index (κ2) is 7.22. The summed E-state index contributed by atoms with van der Waals surface area (Å²) in [6, 6.07) is 17.5. The van der Waals surface area contributed by atoms with Crippen LogP contribution in [0.1, 0.15) is 15.9 Å². The maximum atomic E-state index is 11.9. The van der Waals surface area contributed by atoms with Crippen LogP contribution in [0.2, 0.25) is 0 Å². The van der Waals surface area contributed by atoms with E-state index in [-0.39, 0.29) is 12.4 Å². The lowest BCUT2D eigenvalue weighted by molar-refractivity contribution is 0.0764. The molecular formula is C16H15BrO2. The third-order valence-corrected chi connectivity index (χ3v) is 3.48. The molecule has 0 aliphatic carbocycles. The number of hydrogen-bond donors (Lipinski definition) is 0. The fraction of sp³-hybridized carbons (Fsp3) is 0.188. The molecule has 98 valence electrons. The van der Waals surface area contributed by atoms with Crippen LogP contribution in [0.5, 0.6) is 0 Å². The minimum atomic E-state index is 0.000497. The van der Waals surface area contributed by atoms with Crippen LogP contribution >= 0.6 is 15.9 Å². The molecule has 0 saturated carbocycles. The van der Waals surface area contributed by atoms with E-state index >= 15 is 0 Å². The minimum Gasteiger partial charge on any atom is -0.373 e. The maximum Gasteiger partial charge on any atom is 0.189 e. The Morgan fingerprint density at radius 3 is 2.42 bits per heavy atom. The van der Waals surface area contributed by atoms with Crippen molar-refractivity contribution in [2.75, 3.05) is 13.2 Å². The number of ketones is 1. The Labute approximate surface area is 121 Å². The van der Waals surface area contributed by atoms with E-state index in [9.17, 15) is 4.79 Å². The normalized spacial score (nSPS) is 10.4. The molecule has 2 nitrogen and oxygen atoms in total. The summed E-state index contributed by atoms with van der Waals surface area (Å²) in [6.45, 7) is 0.676. The lowest BCUT2D eigenvalue weighted by Gasteiger charge is -2.05. The predicted molar refractivity (Wildman–Crippen MR) is 79.4 cm³/mol. The van der Waals surface area contributed by atoms with Gasteiger partial charge in [0.15, 0.2) is 5.78 Å². The van der Waals surface area contributed by atoms with Crippen LogP contribution < -0.4 is 0 Å². The fourth-order valence-corrected chi connectivity index (χ4v) is 2.27. The summed E-state index contributed by atoms with van der Waals surface area (Å²) in [5.74, 6) is 0.000497. The van der Waals surface area contributed by atoms with E-state index in [0.29, 0.717) is 12.2 Å². The first kappa shape index (κ1) is 14.0.